The second kappa shape index (κ2) is 8.26. The number of benzene rings is 2. The number of piperidine rings is 1. The molecule has 2 aliphatic heterocycles. The predicted molar refractivity (Wildman–Crippen MR) is 116 cm³/mol. The molecule has 32 heavy (non-hydrogen) atoms. The maximum atomic E-state index is 14.1. The second-order valence-corrected chi connectivity index (χ2v) is 8.51. The van der Waals surface area contributed by atoms with E-state index in [9.17, 15) is 18.8 Å². The van der Waals surface area contributed by atoms with Crippen molar-refractivity contribution in [2.24, 2.45) is 0 Å². The van der Waals surface area contributed by atoms with E-state index < -0.39 is 17.4 Å². The lowest BCUT2D eigenvalue weighted by atomic mass is 9.88. The van der Waals surface area contributed by atoms with Crippen LogP contribution in [0.5, 0.6) is 5.75 Å². The van der Waals surface area contributed by atoms with E-state index in [1.807, 2.05) is 32.0 Å². The number of halogens is 1. The average Bonchev–Trinajstić information content (AvgIpc) is 2.99. The Labute approximate surface area is 186 Å². The standard InChI is InChI=1S/C24H26FN3O4/c1-15-5-6-16(2)18(11-15)13-28-22(30)24(26-23(28)31)9-4-10-27(14-24)21(29)17-7-8-20(32-3)19(25)12-17/h5-8,11-12H,4,9-10,13-14H2,1-3H3,(H,26,31). The first-order chi connectivity index (χ1) is 15.2. The minimum absolute atomic E-state index is 0.0490. The molecule has 2 aromatic carbocycles. The molecule has 0 bridgehead atoms. The van der Waals surface area contributed by atoms with Crippen molar-refractivity contribution in [3.8, 4) is 5.75 Å². The lowest BCUT2D eigenvalue weighted by Crippen LogP contribution is -2.59. The number of ether oxygens (including phenoxy) is 1. The number of carbonyl (C=O) groups excluding carboxylic acids is 3. The lowest BCUT2D eigenvalue weighted by Gasteiger charge is -2.38. The highest BCUT2D eigenvalue weighted by Crippen LogP contribution is 2.31. The van der Waals surface area contributed by atoms with E-state index >= 15 is 0 Å². The maximum absolute atomic E-state index is 14.1. The SMILES string of the molecule is COc1ccc(C(=O)N2CCCC3(C2)NC(=O)N(Cc2cc(C)ccc2C)C3=O)cc1F. The largest absolute Gasteiger partial charge is 0.494 e. The quantitative estimate of drug-likeness (QED) is 0.743. The Bertz CT molecular complexity index is 1100. The third-order valence-electron chi connectivity index (χ3n) is 6.26. The Morgan fingerprint density at radius 2 is 1.97 bits per heavy atom. The van der Waals surface area contributed by atoms with Crippen molar-refractivity contribution in [1.82, 2.24) is 15.1 Å². The summed E-state index contributed by atoms with van der Waals surface area (Å²) in [5, 5.41) is 2.84. The third-order valence-corrected chi connectivity index (χ3v) is 6.26. The van der Waals surface area contributed by atoms with Crippen molar-refractivity contribution in [3.63, 3.8) is 0 Å². The molecule has 2 fully saturated rings. The van der Waals surface area contributed by atoms with Gasteiger partial charge in [-0.05, 0) is 56.0 Å². The van der Waals surface area contributed by atoms with Gasteiger partial charge in [-0.1, -0.05) is 23.8 Å². The summed E-state index contributed by atoms with van der Waals surface area (Å²) >= 11 is 0. The number of urea groups is 1. The van der Waals surface area contributed by atoms with Crippen LogP contribution in [0.25, 0.3) is 0 Å². The molecule has 1 spiro atoms. The predicted octanol–water partition coefficient (Wildman–Crippen LogP) is 3.18. The van der Waals surface area contributed by atoms with Crippen LogP contribution in [0.4, 0.5) is 9.18 Å². The van der Waals surface area contributed by atoms with Gasteiger partial charge in [-0.2, -0.15) is 0 Å². The molecular weight excluding hydrogens is 413 g/mol. The van der Waals surface area contributed by atoms with Crippen LogP contribution in [-0.2, 0) is 11.3 Å². The van der Waals surface area contributed by atoms with Crippen molar-refractivity contribution in [2.75, 3.05) is 20.2 Å². The van der Waals surface area contributed by atoms with E-state index in [1.165, 1.54) is 29.0 Å². The monoisotopic (exact) mass is 439 g/mol. The van der Waals surface area contributed by atoms with Crippen LogP contribution in [-0.4, -0.2) is 53.4 Å². The number of amides is 4. The molecule has 4 amide bonds. The Morgan fingerprint density at radius 3 is 2.69 bits per heavy atom. The molecule has 2 saturated heterocycles. The summed E-state index contributed by atoms with van der Waals surface area (Å²) in [5.74, 6) is -1.30. The second-order valence-electron chi connectivity index (χ2n) is 8.51. The Balaban J connectivity index is 1.54. The first-order valence-electron chi connectivity index (χ1n) is 10.6. The number of hydrogen-bond acceptors (Lipinski definition) is 4. The fourth-order valence-electron chi connectivity index (χ4n) is 4.45. The van der Waals surface area contributed by atoms with Gasteiger partial charge in [-0.25, -0.2) is 9.18 Å². The summed E-state index contributed by atoms with van der Waals surface area (Å²) < 4.78 is 19.0. The van der Waals surface area contributed by atoms with Crippen LogP contribution < -0.4 is 10.1 Å². The number of nitrogens with one attached hydrogen (secondary N) is 1. The van der Waals surface area contributed by atoms with Crippen LogP contribution in [0.2, 0.25) is 0 Å². The fraction of sp³-hybridized carbons (Fsp3) is 0.375. The van der Waals surface area contributed by atoms with E-state index in [1.54, 1.807) is 0 Å². The maximum Gasteiger partial charge on any atom is 0.325 e. The number of hydrogen-bond donors (Lipinski definition) is 1. The van der Waals surface area contributed by atoms with Crippen molar-refractivity contribution in [1.29, 1.82) is 0 Å². The number of nitrogens with zero attached hydrogens (tertiary/aromatic N) is 2. The molecule has 2 heterocycles. The van der Waals surface area contributed by atoms with Gasteiger partial charge in [-0.3, -0.25) is 14.5 Å². The first kappa shape index (κ1) is 21.8. The summed E-state index contributed by atoms with van der Waals surface area (Å²) in [6.45, 7) is 4.56. The number of aryl methyl sites for hydroxylation is 2. The van der Waals surface area contributed by atoms with Crippen LogP contribution in [0.1, 0.15) is 39.9 Å². The number of likely N-dealkylation sites (tertiary alicyclic amines) is 1. The molecule has 0 saturated carbocycles. The molecule has 0 radical (unpaired) electrons. The fourth-order valence-corrected chi connectivity index (χ4v) is 4.45. The minimum atomic E-state index is -1.16. The van der Waals surface area contributed by atoms with E-state index in [0.29, 0.717) is 19.4 Å². The Morgan fingerprint density at radius 1 is 1.19 bits per heavy atom. The van der Waals surface area contributed by atoms with E-state index in [2.05, 4.69) is 5.32 Å². The van der Waals surface area contributed by atoms with Gasteiger partial charge in [0.05, 0.1) is 20.2 Å². The lowest BCUT2D eigenvalue weighted by molar-refractivity contribution is -0.133. The zero-order valence-electron chi connectivity index (χ0n) is 18.4. The molecule has 1 unspecified atom stereocenters. The molecule has 2 aliphatic rings. The smallest absolute Gasteiger partial charge is 0.325 e. The molecule has 1 N–H and O–H groups in total. The summed E-state index contributed by atoms with van der Waals surface area (Å²) in [6, 6.07) is 9.48. The molecule has 7 nitrogen and oxygen atoms in total. The van der Waals surface area contributed by atoms with Gasteiger partial charge in [0.1, 0.15) is 5.54 Å². The molecule has 8 heteroatoms. The highest BCUT2D eigenvalue weighted by atomic mass is 19.1. The number of imide groups is 1. The molecule has 0 aliphatic carbocycles. The third kappa shape index (κ3) is 3.81. The highest BCUT2D eigenvalue weighted by molar-refractivity contribution is 6.07. The summed E-state index contributed by atoms with van der Waals surface area (Å²) in [4.78, 5) is 41.9. The van der Waals surface area contributed by atoms with E-state index in [-0.39, 0.29) is 36.2 Å². The van der Waals surface area contributed by atoms with Crippen molar-refractivity contribution >= 4 is 17.8 Å². The zero-order valence-corrected chi connectivity index (χ0v) is 18.4. The molecule has 4 rings (SSSR count). The van der Waals surface area contributed by atoms with Gasteiger partial charge >= 0.3 is 6.03 Å². The summed E-state index contributed by atoms with van der Waals surface area (Å²) in [6.07, 6.45) is 0.995. The number of methoxy groups -OCH3 is 1. The van der Waals surface area contributed by atoms with Gasteiger partial charge in [0.2, 0.25) is 0 Å². The molecule has 2 aromatic rings. The van der Waals surface area contributed by atoms with Gasteiger partial charge in [0.25, 0.3) is 11.8 Å². The van der Waals surface area contributed by atoms with Crippen molar-refractivity contribution < 1.29 is 23.5 Å². The Kier molecular flexibility index (Phi) is 5.62. The summed E-state index contributed by atoms with van der Waals surface area (Å²) in [7, 11) is 1.35. The number of carbonyl (C=O) groups is 3. The van der Waals surface area contributed by atoms with E-state index in [0.717, 1.165) is 22.8 Å². The van der Waals surface area contributed by atoms with Gasteiger partial charge < -0.3 is 15.0 Å². The van der Waals surface area contributed by atoms with Crippen LogP contribution in [0.15, 0.2) is 36.4 Å². The van der Waals surface area contributed by atoms with Gasteiger partial charge in [0, 0.05) is 12.1 Å². The normalized spacial score (nSPS) is 20.6. The van der Waals surface area contributed by atoms with Crippen LogP contribution in [0.3, 0.4) is 0 Å². The highest BCUT2D eigenvalue weighted by Gasteiger charge is 2.53. The summed E-state index contributed by atoms with van der Waals surface area (Å²) in [5.41, 5.74) is 1.97. The minimum Gasteiger partial charge on any atom is -0.494 e. The van der Waals surface area contributed by atoms with Crippen molar-refractivity contribution in [2.45, 2.75) is 38.8 Å². The number of rotatable bonds is 4. The average molecular weight is 439 g/mol. The molecular formula is C24H26FN3O4. The molecule has 168 valence electrons. The topological polar surface area (TPSA) is 79.0 Å². The van der Waals surface area contributed by atoms with Crippen molar-refractivity contribution in [3.05, 3.63) is 64.5 Å². The molecule has 1 atom stereocenters. The first-order valence-corrected chi connectivity index (χ1v) is 10.6. The zero-order chi connectivity index (χ0) is 23.0. The van der Waals surface area contributed by atoms with E-state index in [4.69, 9.17) is 4.74 Å². The molecule has 0 aromatic heterocycles. The Hall–Kier alpha value is -3.42. The van der Waals surface area contributed by atoms with Crippen LogP contribution in [0, 0.1) is 19.7 Å². The van der Waals surface area contributed by atoms with Crippen LogP contribution >= 0.6 is 0 Å². The van der Waals surface area contributed by atoms with Gasteiger partial charge in [-0.15, -0.1) is 0 Å². The van der Waals surface area contributed by atoms with Gasteiger partial charge in [0.15, 0.2) is 11.6 Å².